The predicted octanol–water partition coefficient (Wildman–Crippen LogP) is 1.79. The zero-order valence-electron chi connectivity index (χ0n) is 22.3. The van der Waals surface area contributed by atoms with Gasteiger partial charge in [0, 0.05) is 48.3 Å². The van der Waals surface area contributed by atoms with E-state index in [1.807, 2.05) is 6.92 Å². The molecular formula is C26H32ClF2N9O3. The second-order valence-corrected chi connectivity index (χ2v) is 9.36. The SMILES string of the molecule is CCNC1CCN(C(=O)CN/C=C(/NC(=O)/C(C(=N)N)=C2\N=CC=CN2)C(=N)c2cc(Cl)ccc2OC(F)F)CC1. The highest BCUT2D eigenvalue weighted by Crippen LogP contribution is 2.26. The third kappa shape index (κ3) is 8.85. The van der Waals surface area contributed by atoms with Crippen molar-refractivity contribution in [3.05, 3.63) is 64.4 Å². The third-order valence-electron chi connectivity index (χ3n) is 6.12. The number of piperidine rings is 1. The van der Waals surface area contributed by atoms with Crippen molar-refractivity contribution in [2.45, 2.75) is 32.4 Å². The molecule has 0 radical (unpaired) electrons. The zero-order chi connectivity index (χ0) is 29.9. The smallest absolute Gasteiger partial charge is 0.387 e. The van der Waals surface area contributed by atoms with E-state index in [0.29, 0.717) is 19.1 Å². The summed E-state index contributed by atoms with van der Waals surface area (Å²) in [4.78, 5) is 31.8. The molecule has 0 bridgehead atoms. The van der Waals surface area contributed by atoms with Gasteiger partial charge in [0.05, 0.1) is 18.0 Å². The topological polar surface area (TPSA) is 181 Å². The Morgan fingerprint density at radius 3 is 2.66 bits per heavy atom. The molecule has 0 unspecified atom stereocenters. The van der Waals surface area contributed by atoms with Gasteiger partial charge in [0.2, 0.25) is 5.91 Å². The van der Waals surface area contributed by atoms with E-state index in [4.69, 9.17) is 28.2 Å². The molecule has 220 valence electrons. The van der Waals surface area contributed by atoms with Gasteiger partial charge in [-0.15, -0.1) is 0 Å². The van der Waals surface area contributed by atoms with Crippen molar-refractivity contribution in [2.24, 2.45) is 10.7 Å². The second kappa shape index (κ2) is 14.9. The standard InChI is InChI=1S/C26H32ClF2N9O3/c1-2-34-16-6-10-38(11-7-16)20(39)14-33-13-18(22(30)17-12-15(27)4-5-19(17)41-26(28)29)37-25(40)21(23(31)32)24-35-8-3-9-36-24/h3-5,8-9,12-13,16,26,30,33-35H,2,6-7,10-11,14H2,1H3,(H3,31,32)(H,37,40)/b18-13+,24-21-,30-22?. The highest BCUT2D eigenvalue weighted by atomic mass is 35.5. The number of benzene rings is 1. The number of likely N-dealkylation sites (tertiary alicyclic amines) is 1. The fraction of sp³-hybridized carbons (Fsp3) is 0.346. The second-order valence-electron chi connectivity index (χ2n) is 8.92. The van der Waals surface area contributed by atoms with E-state index in [-0.39, 0.29) is 45.9 Å². The number of rotatable bonds is 12. The van der Waals surface area contributed by atoms with E-state index in [1.165, 1.54) is 36.8 Å². The first kappa shape index (κ1) is 31.2. The van der Waals surface area contributed by atoms with Gasteiger partial charge in [-0.3, -0.25) is 20.4 Å². The molecule has 41 heavy (non-hydrogen) atoms. The molecule has 2 aliphatic heterocycles. The van der Waals surface area contributed by atoms with Crippen LogP contribution in [0.5, 0.6) is 5.75 Å². The number of amidine groups is 1. The summed E-state index contributed by atoms with van der Waals surface area (Å²) in [6.45, 7) is 0.689. The van der Waals surface area contributed by atoms with Crippen molar-refractivity contribution in [1.82, 2.24) is 26.2 Å². The Morgan fingerprint density at radius 2 is 2.05 bits per heavy atom. The van der Waals surface area contributed by atoms with Crippen LogP contribution in [0.25, 0.3) is 0 Å². The van der Waals surface area contributed by atoms with E-state index in [0.717, 1.165) is 19.4 Å². The average Bonchev–Trinajstić information content (AvgIpc) is 2.94. The lowest BCUT2D eigenvalue weighted by Gasteiger charge is -2.32. The Labute approximate surface area is 240 Å². The van der Waals surface area contributed by atoms with Gasteiger partial charge in [0.25, 0.3) is 5.91 Å². The summed E-state index contributed by atoms with van der Waals surface area (Å²) in [7, 11) is 0. The molecule has 0 saturated carbocycles. The molecular weight excluding hydrogens is 560 g/mol. The first-order valence-electron chi connectivity index (χ1n) is 12.7. The Morgan fingerprint density at radius 1 is 1.32 bits per heavy atom. The van der Waals surface area contributed by atoms with Crippen molar-refractivity contribution in [1.29, 1.82) is 10.8 Å². The number of alkyl halides is 2. The number of amides is 2. The van der Waals surface area contributed by atoms with Crippen LogP contribution in [0.1, 0.15) is 25.3 Å². The zero-order valence-corrected chi connectivity index (χ0v) is 23.0. The molecule has 0 aromatic heterocycles. The van der Waals surface area contributed by atoms with Gasteiger partial charge in [-0.1, -0.05) is 18.5 Å². The molecule has 0 atom stereocenters. The third-order valence-corrected chi connectivity index (χ3v) is 6.36. The van der Waals surface area contributed by atoms with Gasteiger partial charge in [-0.05, 0) is 43.7 Å². The average molecular weight is 592 g/mol. The van der Waals surface area contributed by atoms with Gasteiger partial charge < -0.3 is 36.6 Å². The minimum absolute atomic E-state index is 0.0167. The maximum Gasteiger partial charge on any atom is 0.387 e. The number of ether oxygens (including phenoxy) is 1. The monoisotopic (exact) mass is 591 g/mol. The first-order valence-corrected chi connectivity index (χ1v) is 13.1. The summed E-state index contributed by atoms with van der Waals surface area (Å²) in [5, 5.41) is 28.1. The Balaban J connectivity index is 1.86. The number of hydrogen-bond donors (Lipinski definition) is 7. The molecule has 1 aromatic rings. The highest BCUT2D eigenvalue weighted by Gasteiger charge is 2.25. The molecule has 1 saturated heterocycles. The lowest BCUT2D eigenvalue weighted by Crippen LogP contribution is -2.47. The van der Waals surface area contributed by atoms with E-state index < -0.39 is 24.1 Å². The normalized spacial score (nSPS) is 16.7. The van der Waals surface area contributed by atoms with Crippen LogP contribution < -0.4 is 31.7 Å². The molecule has 8 N–H and O–H groups in total. The summed E-state index contributed by atoms with van der Waals surface area (Å²) in [6.07, 6.45) is 7.25. The van der Waals surface area contributed by atoms with Crippen LogP contribution in [0.2, 0.25) is 5.02 Å². The summed E-state index contributed by atoms with van der Waals surface area (Å²) in [5.41, 5.74) is 4.46. The van der Waals surface area contributed by atoms with Crippen LogP contribution >= 0.6 is 11.6 Å². The molecule has 15 heteroatoms. The number of hydrogen-bond acceptors (Lipinski definition) is 9. The van der Waals surface area contributed by atoms with E-state index in [9.17, 15) is 18.4 Å². The lowest BCUT2D eigenvalue weighted by atomic mass is 10.0. The Bertz CT molecular complexity index is 1290. The maximum atomic E-state index is 13.2. The molecule has 0 spiro atoms. The van der Waals surface area contributed by atoms with Crippen LogP contribution in [0.4, 0.5) is 8.78 Å². The maximum absolute atomic E-state index is 13.2. The van der Waals surface area contributed by atoms with Crippen molar-refractivity contribution < 1.29 is 23.1 Å². The van der Waals surface area contributed by atoms with E-state index >= 15 is 0 Å². The summed E-state index contributed by atoms with van der Waals surface area (Å²) in [5.74, 6) is -2.10. The van der Waals surface area contributed by atoms with Crippen molar-refractivity contribution in [2.75, 3.05) is 26.2 Å². The highest BCUT2D eigenvalue weighted by molar-refractivity contribution is 6.31. The number of allylic oxidation sites excluding steroid dienone is 2. The first-order chi connectivity index (χ1) is 19.6. The quantitative estimate of drug-likeness (QED) is 0.110. The number of halogens is 3. The largest absolute Gasteiger partial charge is 0.434 e. The molecule has 3 rings (SSSR count). The van der Waals surface area contributed by atoms with E-state index in [1.54, 1.807) is 11.0 Å². The molecule has 2 heterocycles. The molecule has 0 aliphatic carbocycles. The van der Waals surface area contributed by atoms with Crippen LogP contribution in [0, 0.1) is 10.8 Å². The minimum atomic E-state index is -3.19. The number of nitrogens with two attached hydrogens (primary N) is 1. The van der Waals surface area contributed by atoms with Gasteiger partial charge in [0.1, 0.15) is 23.0 Å². The van der Waals surface area contributed by atoms with Crippen molar-refractivity contribution >= 4 is 41.2 Å². The van der Waals surface area contributed by atoms with Crippen LogP contribution in [-0.2, 0) is 9.59 Å². The number of nitrogens with zero attached hydrogens (tertiary/aromatic N) is 2. The summed E-state index contributed by atoms with van der Waals surface area (Å²) >= 11 is 6.06. The molecule has 2 aliphatic rings. The summed E-state index contributed by atoms with van der Waals surface area (Å²) < 4.78 is 30.7. The van der Waals surface area contributed by atoms with Gasteiger partial charge in [0.15, 0.2) is 0 Å². The predicted molar refractivity (Wildman–Crippen MR) is 152 cm³/mol. The number of aliphatic imine (C=N–C) groups is 1. The Hall–Kier alpha value is -4.30. The van der Waals surface area contributed by atoms with Gasteiger partial charge in [-0.25, -0.2) is 4.99 Å². The van der Waals surface area contributed by atoms with Crippen molar-refractivity contribution in [3.63, 3.8) is 0 Å². The minimum Gasteiger partial charge on any atom is -0.434 e. The number of carbonyl (C=O) groups excluding carboxylic acids is 2. The van der Waals surface area contributed by atoms with Gasteiger partial charge in [-0.2, -0.15) is 8.78 Å². The molecule has 12 nitrogen and oxygen atoms in total. The summed E-state index contributed by atoms with van der Waals surface area (Å²) in [6, 6.07) is 4.06. The lowest BCUT2D eigenvalue weighted by molar-refractivity contribution is -0.131. The molecule has 2 amide bonds. The Kier molecular flexibility index (Phi) is 11.4. The molecule has 1 fully saturated rings. The number of nitrogens with one attached hydrogen (secondary N) is 6. The number of carbonyl (C=O) groups is 2. The van der Waals surface area contributed by atoms with Gasteiger partial charge >= 0.3 is 6.61 Å². The molecule has 1 aromatic carbocycles. The fourth-order valence-electron chi connectivity index (χ4n) is 4.19. The fourth-order valence-corrected chi connectivity index (χ4v) is 4.36. The van der Waals surface area contributed by atoms with Crippen molar-refractivity contribution in [3.8, 4) is 5.75 Å². The van der Waals surface area contributed by atoms with Crippen LogP contribution in [0.3, 0.4) is 0 Å². The van der Waals surface area contributed by atoms with E-state index in [2.05, 4.69) is 31.0 Å². The van der Waals surface area contributed by atoms with Crippen LogP contribution in [-0.4, -0.2) is 73.3 Å². The van der Waals surface area contributed by atoms with Crippen LogP contribution in [0.15, 0.2) is 58.8 Å².